The van der Waals surface area contributed by atoms with Crippen LogP contribution < -0.4 is 10.1 Å². The van der Waals surface area contributed by atoms with Crippen molar-refractivity contribution in [2.75, 3.05) is 18.5 Å². The number of carbonyl (C=O) groups excluding carboxylic acids is 1. The molecule has 2 aromatic carbocycles. The average molecular weight is 369 g/mol. The lowest BCUT2D eigenvalue weighted by atomic mass is 10.1. The third-order valence-corrected chi connectivity index (χ3v) is 4.42. The van der Waals surface area contributed by atoms with Crippen LogP contribution in [0.1, 0.15) is 35.2 Å². The van der Waals surface area contributed by atoms with Gasteiger partial charge in [-0.1, -0.05) is 12.1 Å². The van der Waals surface area contributed by atoms with E-state index in [0.717, 1.165) is 25.0 Å². The van der Waals surface area contributed by atoms with Crippen LogP contribution in [-0.4, -0.2) is 36.3 Å². The van der Waals surface area contributed by atoms with Gasteiger partial charge in [0.2, 0.25) is 0 Å². The van der Waals surface area contributed by atoms with Crippen molar-refractivity contribution in [3.63, 3.8) is 0 Å². The molecule has 1 aliphatic heterocycles. The number of carboxylic acids is 1. The molecule has 6 nitrogen and oxygen atoms in total. The predicted molar refractivity (Wildman–Crippen MR) is 101 cm³/mol. The molecular formula is C21H23NO5. The van der Waals surface area contributed by atoms with E-state index in [-0.39, 0.29) is 18.4 Å². The van der Waals surface area contributed by atoms with Crippen molar-refractivity contribution in [3.8, 4) is 5.75 Å². The first-order chi connectivity index (χ1) is 13.1. The van der Waals surface area contributed by atoms with Gasteiger partial charge in [0, 0.05) is 24.3 Å². The van der Waals surface area contributed by atoms with Gasteiger partial charge in [-0.3, -0.25) is 9.59 Å². The van der Waals surface area contributed by atoms with Gasteiger partial charge in [-0.05, 0) is 61.2 Å². The van der Waals surface area contributed by atoms with E-state index in [1.165, 1.54) is 0 Å². The van der Waals surface area contributed by atoms with E-state index in [2.05, 4.69) is 5.32 Å². The van der Waals surface area contributed by atoms with Crippen LogP contribution in [0.2, 0.25) is 0 Å². The van der Waals surface area contributed by atoms with Gasteiger partial charge in [0.05, 0.1) is 6.10 Å². The fourth-order valence-corrected chi connectivity index (χ4v) is 2.88. The van der Waals surface area contributed by atoms with Gasteiger partial charge < -0.3 is 19.9 Å². The highest BCUT2D eigenvalue weighted by molar-refractivity contribution is 6.04. The first-order valence-corrected chi connectivity index (χ1v) is 9.07. The van der Waals surface area contributed by atoms with Crippen LogP contribution in [0.15, 0.2) is 48.5 Å². The number of rotatable bonds is 8. The number of nitrogens with one attached hydrogen (secondary N) is 1. The van der Waals surface area contributed by atoms with Crippen molar-refractivity contribution in [3.05, 3.63) is 59.7 Å². The molecule has 1 fully saturated rings. The quantitative estimate of drug-likeness (QED) is 0.744. The topological polar surface area (TPSA) is 84.9 Å². The Morgan fingerprint density at radius 3 is 2.48 bits per heavy atom. The van der Waals surface area contributed by atoms with Gasteiger partial charge in [0.15, 0.2) is 0 Å². The van der Waals surface area contributed by atoms with E-state index in [9.17, 15) is 9.59 Å². The summed E-state index contributed by atoms with van der Waals surface area (Å²) < 4.78 is 11.2. The Labute approximate surface area is 158 Å². The maximum absolute atomic E-state index is 12.3. The zero-order valence-electron chi connectivity index (χ0n) is 15.0. The van der Waals surface area contributed by atoms with Crippen molar-refractivity contribution in [1.29, 1.82) is 0 Å². The van der Waals surface area contributed by atoms with Crippen LogP contribution in [0, 0.1) is 0 Å². The molecule has 2 aromatic rings. The largest absolute Gasteiger partial charge is 0.491 e. The van der Waals surface area contributed by atoms with E-state index < -0.39 is 5.97 Å². The normalized spacial score (nSPS) is 16.1. The molecule has 0 saturated carbocycles. The van der Waals surface area contributed by atoms with Crippen LogP contribution in [0.25, 0.3) is 0 Å². The van der Waals surface area contributed by atoms with E-state index in [4.69, 9.17) is 14.6 Å². The van der Waals surface area contributed by atoms with Crippen molar-refractivity contribution >= 4 is 17.6 Å². The molecule has 0 bridgehead atoms. The number of aryl methyl sites for hydroxylation is 1. The molecule has 0 aromatic heterocycles. The Kier molecular flexibility index (Phi) is 6.44. The number of benzene rings is 2. The number of aliphatic carboxylic acids is 1. The third-order valence-electron chi connectivity index (χ3n) is 4.42. The van der Waals surface area contributed by atoms with Crippen molar-refractivity contribution in [2.24, 2.45) is 0 Å². The first kappa shape index (κ1) is 18.9. The predicted octanol–water partition coefficient (Wildman–Crippen LogP) is 3.51. The van der Waals surface area contributed by atoms with Gasteiger partial charge in [-0.15, -0.1) is 0 Å². The Bertz CT molecular complexity index is 764. The van der Waals surface area contributed by atoms with Crippen LogP contribution in [0.3, 0.4) is 0 Å². The van der Waals surface area contributed by atoms with Crippen molar-refractivity contribution < 1.29 is 24.2 Å². The molecule has 0 aliphatic carbocycles. The SMILES string of the molecule is O=C(O)CCc1ccc(NC(=O)c2ccc(OCC3CCCO3)cc2)cc1. The zero-order valence-corrected chi connectivity index (χ0v) is 15.0. The number of hydrogen-bond donors (Lipinski definition) is 2. The van der Waals surface area contributed by atoms with Gasteiger partial charge in [0.1, 0.15) is 12.4 Å². The minimum Gasteiger partial charge on any atom is -0.491 e. The molecule has 1 unspecified atom stereocenters. The summed E-state index contributed by atoms with van der Waals surface area (Å²) in [5, 5.41) is 11.5. The highest BCUT2D eigenvalue weighted by Crippen LogP contribution is 2.18. The molecule has 1 atom stereocenters. The van der Waals surface area contributed by atoms with Crippen molar-refractivity contribution in [1.82, 2.24) is 0 Å². The van der Waals surface area contributed by atoms with Crippen LogP contribution in [0.5, 0.6) is 5.75 Å². The Morgan fingerprint density at radius 2 is 1.85 bits per heavy atom. The Morgan fingerprint density at radius 1 is 1.11 bits per heavy atom. The fraction of sp³-hybridized carbons (Fsp3) is 0.333. The lowest BCUT2D eigenvalue weighted by molar-refractivity contribution is -0.136. The molecule has 1 saturated heterocycles. The Balaban J connectivity index is 1.50. The second-order valence-electron chi connectivity index (χ2n) is 6.52. The van der Waals surface area contributed by atoms with Gasteiger partial charge >= 0.3 is 5.97 Å². The molecule has 0 radical (unpaired) electrons. The van der Waals surface area contributed by atoms with Gasteiger partial charge in [-0.25, -0.2) is 0 Å². The molecule has 1 heterocycles. The molecule has 142 valence electrons. The molecule has 3 rings (SSSR count). The molecule has 6 heteroatoms. The molecule has 2 N–H and O–H groups in total. The molecule has 0 spiro atoms. The van der Waals surface area contributed by atoms with Crippen LogP contribution in [-0.2, 0) is 16.0 Å². The van der Waals surface area contributed by atoms with Crippen LogP contribution >= 0.6 is 0 Å². The number of carboxylic acid groups (broad SMARTS) is 1. The maximum atomic E-state index is 12.3. The molecule has 27 heavy (non-hydrogen) atoms. The highest BCUT2D eigenvalue weighted by atomic mass is 16.5. The lowest BCUT2D eigenvalue weighted by Crippen LogP contribution is -2.16. The summed E-state index contributed by atoms with van der Waals surface area (Å²) in [5.41, 5.74) is 2.12. The van der Waals surface area contributed by atoms with Gasteiger partial charge in [0.25, 0.3) is 5.91 Å². The summed E-state index contributed by atoms with van der Waals surface area (Å²) in [5.74, 6) is -0.320. The van der Waals surface area contributed by atoms with E-state index in [1.807, 2.05) is 12.1 Å². The third kappa shape index (κ3) is 5.82. The average Bonchev–Trinajstić information content (AvgIpc) is 3.20. The minimum atomic E-state index is -0.824. The zero-order chi connectivity index (χ0) is 19.1. The van der Waals surface area contributed by atoms with E-state index in [0.29, 0.717) is 30.0 Å². The maximum Gasteiger partial charge on any atom is 0.303 e. The number of anilines is 1. The molecule has 1 amide bonds. The summed E-state index contributed by atoms with van der Waals surface area (Å²) in [6, 6.07) is 14.2. The fourth-order valence-electron chi connectivity index (χ4n) is 2.88. The molecule has 1 aliphatic rings. The molecular weight excluding hydrogens is 346 g/mol. The standard InChI is InChI=1S/C21H23NO5/c23-20(24)12-5-15-3-8-17(9-4-15)22-21(25)16-6-10-18(11-7-16)27-14-19-2-1-13-26-19/h3-4,6-11,19H,1-2,5,12-14H2,(H,22,25)(H,23,24). The number of hydrogen-bond acceptors (Lipinski definition) is 4. The Hall–Kier alpha value is -2.86. The lowest BCUT2D eigenvalue weighted by Gasteiger charge is -2.12. The summed E-state index contributed by atoms with van der Waals surface area (Å²) in [7, 11) is 0. The summed E-state index contributed by atoms with van der Waals surface area (Å²) in [6.07, 6.45) is 2.82. The monoisotopic (exact) mass is 369 g/mol. The van der Waals surface area contributed by atoms with Crippen molar-refractivity contribution in [2.45, 2.75) is 31.8 Å². The second kappa shape index (κ2) is 9.19. The van der Waals surface area contributed by atoms with E-state index in [1.54, 1.807) is 36.4 Å². The summed E-state index contributed by atoms with van der Waals surface area (Å²) in [6.45, 7) is 1.33. The minimum absolute atomic E-state index is 0.0903. The van der Waals surface area contributed by atoms with Gasteiger partial charge in [-0.2, -0.15) is 0 Å². The number of carbonyl (C=O) groups is 2. The summed E-state index contributed by atoms with van der Waals surface area (Å²) in [4.78, 5) is 22.9. The smallest absolute Gasteiger partial charge is 0.303 e. The van der Waals surface area contributed by atoms with Crippen LogP contribution in [0.4, 0.5) is 5.69 Å². The number of amides is 1. The van der Waals surface area contributed by atoms with E-state index >= 15 is 0 Å². The summed E-state index contributed by atoms with van der Waals surface area (Å²) >= 11 is 0. The first-order valence-electron chi connectivity index (χ1n) is 9.07. The highest BCUT2D eigenvalue weighted by Gasteiger charge is 2.16. The second-order valence-corrected chi connectivity index (χ2v) is 6.52. The number of ether oxygens (including phenoxy) is 2.